The first kappa shape index (κ1) is 12.4. The van der Waals surface area contributed by atoms with Crippen LogP contribution in [0.3, 0.4) is 0 Å². The number of unbranched alkanes of at least 4 members (excludes halogenated alkanes) is 1. The maximum absolute atomic E-state index is 10.9. The summed E-state index contributed by atoms with van der Waals surface area (Å²) in [5.74, 6) is 0.0230. The summed E-state index contributed by atoms with van der Waals surface area (Å²) in [7, 11) is 0. The van der Waals surface area contributed by atoms with Crippen LogP contribution in [-0.4, -0.2) is 16.8 Å². The van der Waals surface area contributed by atoms with Gasteiger partial charge in [0.25, 0.3) is 0 Å². The van der Waals surface area contributed by atoms with Crippen LogP contribution in [0.2, 0.25) is 5.02 Å². The second-order valence-electron chi connectivity index (χ2n) is 3.15. The number of halogens is 1. The highest BCUT2D eigenvalue weighted by Gasteiger charge is 2.10. The van der Waals surface area contributed by atoms with E-state index in [0.29, 0.717) is 10.6 Å². The number of benzene rings is 1. The summed E-state index contributed by atoms with van der Waals surface area (Å²) in [6.45, 7) is 2.11. The fraction of sp³-hybridized carbons (Fsp3) is 0.364. The normalized spacial score (nSPS) is 10.3. The number of rotatable bonds is 5. The van der Waals surface area contributed by atoms with E-state index in [1.807, 2.05) is 0 Å². The topological polar surface area (TPSA) is 37.3 Å². The summed E-state index contributed by atoms with van der Waals surface area (Å²) in [5.41, 5.74) is 0.295. The van der Waals surface area contributed by atoms with Gasteiger partial charge in [-0.1, -0.05) is 24.9 Å². The molecule has 1 rings (SSSR count). The molecule has 82 valence electrons. The summed E-state index contributed by atoms with van der Waals surface area (Å²) >= 11 is 7.32. The quantitative estimate of drug-likeness (QED) is 0.630. The van der Waals surface area contributed by atoms with Gasteiger partial charge in [0.2, 0.25) is 0 Å². The van der Waals surface area contributed by atoms with Gasteiger partial charge < -0.3 is 5.11 Å². The number of carboxylic acids is 1. The highest BCUT2D eigenvalue weighted by atomic mass is 35.5. The maximum Gasteiger partial charge on any atom is 0.336 e. The Morgan fingerprint density at radius 1 is 1.53 bits per heavy atom. The van der Waals surface area contributed by atoms with Gasteiger partial charge >= 0.3 is 5.97 Å². The average molecular weight is 245 g/mol. The second-order valence-corrected chi connectivity index (χ2v) is 4.72. The highest BCUT2D eigenvalue weighted by molar-refractivity contribution is 7.99. The van der Waals surface area contributed by atoms with Crippen molar-refractivity contribution in [3.05, 3.63) is 28.8 Å². The van der Waals surface area contributed by atoms with E-state index in [9.17, 15) is 4.79 Å². The van der Waals surface area contributed by atoms with Gasteiger partial charge in [0.05, 0.1) is 5.56 Å². The first-order valence-electron chi connectivity index (χ1n) is 4.80. The van der Waals surface area contributed by atoms with E-state index in [-0.39, 0.29) is 0 Å². The van der Waals surface area contributed by atoms with E-state index in [1.54, 1.807) is 23.9 Å². The molecule has 1 aromatic rings. The Hall–Kier alpha value is -0.670. The molecule has 0 aliphatic rings. The minimum Gasteiger partial charge on any atom is -0.478 e. The van der Waals surface area contributed by atoms with Crippen molar-refractivity contribution in [1.82, 2.24) is 0 Å². The summed E-state index contributed by atoms with van der Waals surface area (Å²) in [4.78, 5) is 11.7. The number of carbonyl (C=O) groups is 1. The van der Waals surface area contributed by atoms with Gasteiger partial charge in [-0.05, 0) is 30.4 Å². The third-order valence-corrected chi connectivity index (χ3v) is 3.32. The van der Waals surface area contributed by atoms with Crippen LogP contribution in [-0.2, 0) is 0 Å². The smallest absolute Gasteiger partial charge is 0.336 e. The average Bonchev–Trinajstić information content (AvgIpc) is 2.20. The lowest BCUT2D eigenvalue weighted by atomic mass is 10.2. The molecule has 0 saturated heterocycles. The molecule has 0 aliphatic carbocycles. The number of carboxylic acid groups (broad SMARTS) is 1. The molecular formula is C11H13ClO2S. The Labute approximate surface area is 98.6 Å². The predicted octanol–water partition coefficient (Wildman–Crippen LogP) is 3.93. The minimum atomic E-state index is -0.920. The van der Waals surface area contributed by atoms with Gasteiger partial charge in [0, 0.05) is 9.92 Å². The zero-order valence-corrected chi connectivity index (χ0v) is 10.1. The van der Waals surface area contributed by atoms with Crippen LogP contribution in [0.4, 0.5) is 0 Å². The van der Waals surface area contributed by atoms with Crippen molar-refractivity contribution >= 4 is 29.3 Å². The zero-order valence-electron chi connectivity index (χ0n) is 8.50. The van der Waals surface area contributed by atoms with Crippen molar-refractivity contribution in [2.75, 3.05) is 5.75 Å². The molecule has 15 heavy (non-hydrogen) atoms. The summed E-state index contributed by atoms with van der Waals surface area (Å²) < 4.78 is 0. The molecule has 1 aromatic carbocycles. The van der Waals surface area contributed by atoms with Crippen molar-refractivity contribution in [2.45, 2.75) is 24.7 Å². The molecule has 0 atom stereocenters. The van der Waals surface area contributed by atoms with Gasteiger partial charge in [-0.2, -0.15) is 0 Å². The number of hydrogen-bond donors (Lipinski definition) is 1. The fourth-order valence-corrected chi connectivity index (χ4v) is 2.41. The van der Waals surface area contributed by atoms with Crippen LogP contribution in [0.5, 0.6) is 0 Å². The Morgan fingerprint density at radius 2 is 2.27 bits per heavy atom. The van der Waals surface area contributed by atoms with Gasteiger partial charge in [-0.15, -0.1) is 11.8 Å². The number of thioether (sulfide) groups is 1. The lowest BCUT2D eigenvalue weighted by Crippen LogP contribution is -1.99. The third kappa shape index (κ3) is 3.76. The molecule has 2 nitrogen and oxygen atoms in total. The van der Waals surface area contributed by atoms with Crippen LogP contribution >= 0.6 is 23.4 Å². The van der Waals surface area contributed by atoms with E-state index in [1.165, 1.54) is 6.07 Å². The molecule has 0 saturated carbocycles. The van der Waals surface area contributed by atoms with Gasteiger partial charge in [-0.3, -0.25) is 0 Å². The van der Waals surface area contributed by atoms with Crippen molar-refractivity contribution in [1.29, 1.82) is 0 Å². The summed E-state index contributed by atoms with van der Waals surface area (Å²) in [6.07, 6.45) is 2.20. The monoisotopic (exact) mass is 244 g/mol. The minimum absolute atomic E-state index is 0.295. The van der Waals surface area contributed by atoms with Crippen LogP contribution in [0, 0.1) is 0 Å². The molecular weight excluding hydrogens is 232 g/mol. The lowest BCUT2D eigenvalue weighted by molar-refractivity contribution is 0.0693. The maximum atomic E-state index is 10.9. The zero-order chi connectivity index (χ0) is 11.3. The molecule has 0 aliphatic heterocycles. The van der Waals surface area contributed by atoms with Crippen molar-refractivity contribution < 1.29 is 9.90 Å². The first-order chi connectivity index (χ1) is 7.15. The van der Waals surface area contributed by atoms with Gasteiger partial charge in [0.15, 0.2) is 0 Å². The standard InChI is InChI=1S/C11H13ClO2S/c1-2-3-6-15-10-5-4-8(12)7-9(10)11(13)14/h4-5,7H,2-3,6H2,1H3,(H,13,14). The third-order valence-electron chi connectivity index (χ3n) is 1.93. The lowest BCUT2D eigenvalue weighted by Gasteiger charge is -2.05. The molecule has 0 amide bonds. The number of aromatic carboxylic acids is 1. The molecule has 1 N–H and O–H groups in total. The predicted molar refractivity (Wildman–Crippen MR) is 64.0 cm³/mol. The van der Waals surface area contributed by atoms with Crippen molar-refractivity contribution in [3.63, 3.8) is 0 Å². The van der Waals surface area contributed by atoms with Gasteiger partial charge in [0.1, 0.15) is 0 Å². The highest BCUT2D eigenvalue weighted by Crippen LogP contribution is 2.26. The van der Waals surface area contributed by atoms with Crippen LogP contribution in [0.15, 0.2) is 23.1 Å². The SMILES string of the molecule is CCCCSc1ccc(Cl)cc1C(=O)O. The Balaban J connectivity index is 2.81. The molecule has 0 heterocycles. The molecule has 0 radical (unpaired) electrons. The molecule has 0 aromatic heterocycles. The van der Waals surface area contributed by atoms with Crippen molar-refractivity contribution in [3.8, 4) is 0 Å². The fourth-order valence-electron chi connectivity index (χ4n) is 1.12. The molecule has 0 fully saturated rings. The van der Waals surface area contributed by atoms with Crippen LogP contribution in [0.1, 0.15) is 30.1 Å². The Bertz CT molecular complexity index is 352. The summed E-state index contributed by atoms with van der Waals surface area (Å²) in [6, 6.07) is 4.99. The molecule has 0 bridgehead atoms. The molecule has 4 heteroatoms. The molecule has 0 unspecified atom stereocenters. The van der Waals surface area contributed by atoms with E-state index >= 15 is 0 Å². The van der Waals surface area contributed by atoms with Crippen molar-refractivity contribution in [2.24, 2.45) is 0 Å². The summed E-state index contributed by atoms with van der Waals surface area (Å²) in [5, 5.41) is 9.44. The molecule has 0 spiro atoms. The van der Waals surface area contributed by atoms with Gasteiger partial charge in [-0.25, -0.2) is 4.79 Å². The van der Waals surface area contributed by atoms with E-state index in [4.69, 9.17) is 16.7 Å². The largest absolute Gasteiger partial charge is 0.478 e. The van der Waals surface area contributed by atoms with E-state index in [2.05, 4.69) is 6.92 Å². The Morgan fingerprint density at radius 3 is 2.87 bits per heavy atom. The van der Waals surface area contributed by atoms with Crippen LogP contribution in [0.25, 0.3) is 0 Å². The number of hydrogen-bond acceptors (Lipinski definition) is 2. The van der Waals surface area contributed by atoms with E-state index < -0.39 is 5.97 Å². The Kier molecular flexibility index (Phi) is 4.99. The first-order valence-corrected chi connectivity index (χ1v) is 6.17. The van der Waals surface area contributed by atoms with E-state index in [0.717, 1.165) is 23.5 Å². The second kappa shape index (κ2) is 6.03. The van der Waals surface area contributed by atoms with Crippen LogP contribution < -0.4 is 0 Å².